The Labute approximate surface area is 171 Å². The molecule has 7 nitrogen and oxygen atoms in total. The van der Waals surface area contributed by atoms with Gasteiger partial charge >= 0.3 is 17.4 Å². The topological polar surface area (TPSA) is 91.6 Å². The Bertz CT molecular complexity index is 1330. The van der Waals surface area contributed by atoms with Crippen molar-refractivity contribution in [3.63, 3.8) is 0 Å². The SMILES string of the molecule is CCc1ccc2c(COC(=O)CCCn3c(=O)oc4ccccc43)cc(=O)oc2c1. The second-order valence-electron chi connectivity index (χ2n) is 7.03. The van der Waals surface area contributed by atoms with Crippen molar-refractivity contribution in [1.29, 1.82) is 0 Å². The zero-order valence-corrected chi connectivity index (χ0v) is 16.6. The Morgan fingerprint density at radius 1 is 1.03 bits per heavy atom. The van der Waals surface area contributed by atoms with Gasteiger partial charge in [0.25, 0.3) is 0 Å². The number of nitrogens with zero attached hydrogens (tertiary/aromatic N) is 1. The van der Waals surface area contributed by atoms with Crippen LogP contribution in [0.5, 0.6) is 0 Å². The molecule has 30 heavy (non-hydrogen) atoms. The molecule has 4 rings (SSSR count). The van der Waals surface area contributed by atoms with E-state index in [4.69, 9.17) is 13.6 Å². The lowest BCUT2D eigenvalue weighted by atomic mass is 10.1. The van der Waals surface area contributed by atoms with Crippen LogP contribution in [0.25, 0.3) is 22.1 Å². The second-order valence-corrected chi connectivity index (χ2v) is 7.03. The highest BCUT2D eigenvalue weighted by atomic mass is 16.5. The summed E-state index contributed by atoms with van der Waals surface area (Å²) in [5, 5.41) is 0.746. The van der Waals surface area contributed by atoms with Gasteiger partial charge in [-0.1, -0.05) is 31.2 Å². The van der Waals surface area contributed by atoms with Crippen LogP contribution in [0.15, 0.2) is 67.0 Å². The van der Waals surface area contributed by atoms with Gasteiger partial charge in [-0.2, -0.15) is 0 Å². The molecule has 7 heteroatoms. The predicted octanol–water partition coefficient (Wildman–Crippen LogP) is 3.79. The normalized spacial score (nSPS) is 11.2. The number of carbonyl (C=O) groups excluding carboxylic acids is 1. The molecule has 0 spiro atoms. The number of oxazole rings is 1. The van der Waals surface area contributed by atoms with Gasteiger partial charge in [0.05, 0.1) is 5.52 Å². The Kier molecular flexibility index (Phi) is 5.52. The van der Waals surface area contributed by atoms with Crippen LogP contribution in [0.1, 0.15) is 30.9 Å². The van der Waals surface area contributed by atoms with Crippen LogP contribution in [-0.2, 0) is 29.1 Å². The number of ether oxygens (including phenoxy) is 1. The van der Waals surface area contributed by atoms with Gasteiger partial charge in [0.2, 0.25) is 0 Å². The van der Waals surface area contributed by atoms with E-state index in [1.807, 2.05) is 31.2 Å². The van der Waals surface area contributed by atoms with Crippen LogP contribution in [0.3, 0.4) is 0 Å². The van der Waals surface area contributed by atoms with Crippen molar-refractivity contribution in [3.8, 4) is 0 Å². The lowest BCUT2D eigenvalue weighted by Gasteiger charge is -2.08. The number of carbonyl (C=O) groups is 1. The van der Waals surface area contributed by atoms with E-state index in [9.17, 15) is 14.4 Å². The number of fused-ring (bicyclic) bond motifs is 2. The van der Waals surface area contributed by atoms with Crippen molar-refractivity contribution >= 4 is 28.0 Å². The smallest absolute Gasteiger partial charge is 0.419 e. The molecule has 0 unspecified atom stereocenters. The molecule has 154 valence electrons. The van der Waals surface area contributed by atoms with E-state index in [2.05, 4.69) is 0 Å². The fourth-order valence-corrected chi connectivity index (χ4v) is 3.45. The van der Waals surface area contributed by atoms with Crippen LogP contribution >= 0.6 is 0 Å². The number of aryl methyl sites for hydroxylation is 2. The van der Waals surface area contributed by atoms with Crippen molar-refractivity contribution in [2.45, 2.75) is 39.3 Å². The maximum Gasteiger partial charge on any atom is 0.419 e. The number of para-hydroxylation sites is 2. The van der Waals surface area contributed by atoms with E-state index in [0.29, 0.717) is 35.2 Å². The molecule has 0 bridgehead atoms. The third-order valence-corrected chi connectivity index (χ3v) is 5.03. The van der Waals surface area contributed by atoms with E-state index < -0.39 is 17.4 Å². The first-order valence-corrected chi connectivity index (χ1v) is 9.85. The van der Waals surface area contributed by atoms with E-state index in [0.717, 1.165) is 17.4 Å². The molecular formula is C23H21NO6. The highest BCUT2D eigenvalue weighted by Crippen LogP contribution is 2.20. The lowest BCUT2D eigenvalue weighted by Crippen LogP contribution is -2.15. The first kappa shape index (κ1) is 19.7. The summed E-state index contributed by atoms with van der Waals surface area (Å²) in [6.45, 7) is 2.36. The largest absolute Gasteiger partial charge is 0.461 e. The Morgan fingerprint density at radius 3 is 2.70 bits per heavy atom. The minimum atomic E-state index is -0.479. The molecule has 0 aliphatic rings. The van der Waals surface area contributed by atoms with Crippen LogP contribution in [0, 0.1) is 0 Å². The van der Waals surface area contributed by atoms with Gasteiger partial charge in [0, 0.05) is 30.0 Å². The van der Waals surface area contributed by atoms with Gasteiger partial charge in [-0.05, 0) is 36.6 Å². The summed E-state index contributed by atoms with van der Waals surface area (Å²) in [6, 6.07) is 14.2. The maximum atomic E-state index is 12.2. The standard InChI is InChI=1S/C23H21NO6/c1-2-15-9-10-17-16(13-22(26)29-20(17)12-15)14-28-21(25)8-5-11-24-18-6-3-4-7-19(18)30-23(24)27/h3-4,6-7,9-10,12-13H,2,5,8,11,14H2,1H3. The van der Waals surface area contributed by atoms with Crippen molar-refractivity contribution < 1.29 is 18.4 Å². The quantitative estimate of drug-likeness (QED) is 0.342. The number of benzene rings is 2. The highest BCUT2D eigenvalue weighted by Gasteiger charge is 2.12. The lowest BCUT2D eigenvalue weighted by molar-refractivity contribution is -0.145. The molecule has 0 aliphatic heterocycles. The molecule has 0 saturated heterocycles. The Hall–Kier alpha value is -3.61. The Balaban J connectivity index is 1.39. The van der Waals surface area contributed by atoms with E-state index >= 15 is 0 Å². The van der Waals surface area contributed by atoms with Crippen molar-refractivity contribution in [2.24, 2.45) is 0 Å². The Morgan fingerprint density at radius 2 is 1.87 bits per heavy atom. The maximum absolute atomic E-state index is 12.2. The van der Waals surface area contributed by atoms with Crippen LogP contribution in [-0.4, -0.2) is 10.5 Å². The molecule has 0 fully saturated rings. The summed E-state index contributed by atoms with van der Waals surface area (Å²) in [7, 11) is 0. The van der Waals surface area contributed by atoms with E-state index in [1.54, 1.807) is 18.2 Å². The van der Waals surface area contributed by atoms with Gasteiger partial charge in [0.15, 0.2) is 5.58 Å². The summed E-state index contributed by atoms with van der Waals surface area (Å²) in [6.07, 6.45) is 1.40. The second kappa shape index (κ2) is 8.41. The molecule has 0 amide bonds. The molecule has 0 N–H and O–H groups in total. The molecule has 0 atom stereocenters. The number of rotatable bonds is 7. The fourth-order valence-electron chi connectivity index (χ4n) is 3.45. The predicted molar refractivity (Wildman–Crippen MR) is 111 cm³/mol. The summed E-state index contributed by atoms with van der Waals surface area (Å²) >= 11 is 0. The molecular weight excluding hydrogens is 386 g/mol. The average Bonchev–Trinajstić information content (AvgIpc) is 3.06. The third kappa shape index (κ3) is 4.05. The van der Waals surface area contributed by atoms with Gasteiger partial charge in [0.1, 0.15) is 12.2 Å². The molecule has 0 radical (unpaired) electrons. The van der Waals surface area contributed by atoms with Gasteiger partial charge in [-0.15, -0.1) is 0 Å². The average molecular weight is 407 g/mol. The van der Waals surface area contributed by atoms with E-state index in [-0.39, 0.29) is 13.0 Å². The molecule has 4 aromatic rings. The van der Waals surface area contributed by atoms with Gasteiger partial charge < -0.3 is 13.6 Å². The molecule has 2 heterocycles. The van der Waals surface area contributed by atoms with Crippen LogP contribution in [0.4, 0.5) is 0 Å². The number of esters is 1. The van der Waals surface area contributed by atoms with Crippen molar-refractivity contribution in [2.75, 3.05) is 0 Å². The van der Waals surface area contributed by atoms with Crippen molar-refractivity contribution in [1.82, 2.24) is 4.57 Å². The first-order chi connectivity index (χ1) is 14.5. The molecule has 2 aromatic carbocycles. The minimum Gasteiger partial charge on any atom is -0.461 e. The molecule has 2 aromatic heterocycles. The fraction of sp³-hybridized carbons (Fsp3) is 0.261. The summed E-state index contributed by atoms with van der Waals surface area (Å²) < 4.78 is 17.3. The van der Waals surface area contributed by atoms with Crippen LogP contribution in [0.2, 0.25) is 0 Å². The van der Waals surface area contributed by atoms with E-state index in [1.165, 1.54) is 10.6 Å². The monoisotopic (exact) mass is 407 g/mol. The number of hydrogen-bond donors (Lipinski definition) is 0. The first-order valence-electron chi connectivity index (χ1n) is 9.85. The summed E-state index contributed by atoms with van der Waals surface area (Å²) in [5.41, 5.74) is 2.89. The van der Waals surface area contributed by atoms with Gasteiger partial charge in [-0.25, -0.2) is 9.59 Å². The number of aromatic nitrogens is 1. The highest BCUT2D eigenvalue weighted by molar-refractivity contribution is 5.81. The summed E-state index contributed by atoms with van der Waals surface area (Å²) in [5.74, 6) is -0.846. The minimum absolute atomic E-state index is 0.0129. The van der Waals surface area contributed by atoms with Crippen LogP contribution < -0.4 is 11.4 Å². The third-order valence-electron chi connectivity index (χ3n) is 5.03. The molecule has 0 saturated carbocycles. The molecule has 0 aliphatic carbocycles. The number of hydrogen-bond acceptors (Lipinski definition) is 6. The zero-order valence-electron chi connectivity index (χ0n) is 16.6. The zero-order chi connectivity index (χ0) is 21.1. The van der Waals surface area contributed by atoms with Crippen molar-refractivity contribution in [3.05, 3.63) is 80.6 Å². The van der Waals surface area contributed by atoms with Gasteiger partial charge in [-0.3, -0.25) is 9.36 Å². The summed E-state index contributed by atoms with van der Waals surface area (Å²) in [4.78, 5) is 36.0.